The number of hydrogen-bond acceptors (Lipinski definition) is 6. The van der Waals surface area contributed by atoms with Gasteiger partial charge in [-0.25, -0.2) is 9.59 Å². The van der Waals surface area contributed by atoms with E-state index in [2.05, 4.69) is 26.0 Å². The number of nitrogens with zero attached hydrogens (tertiary/aromatic N) is 4. The summed E-state index contributed by atoms with van der Waals surface area (Å²) in [4.78, 5) is 22.9. The fourth-order valence-electron chi connectivity index (χ4n) is 0.808. The molecule has 0 aliphatic rings. The molecule has 1 aromatic rings. The molecule has 10 heteroatoms. The van der Waals surface area contributed by atoms with Crippen LogP contribution in [-0.2, 0) is 11.8 Å². The van der Waals surface area contributed by atoms with Crippen molar-refractivity contribution in [1.29, 1.82) is 0 Å². The number of carboxylic acids is 1. The number of tetrazole rings is 1. The molecule has 94 valence electrons. The maximum Gasteiger partial charge on any atom is 0.337 e. The van der Waals surface area contributed by atoms with Crippen molar-refractivity contribution in [3.63, 3.8) is 0 Å². The van der Waals surface area contributed by atoms with E-state index in [-0.39, 0.29) is 5.95 Å². The minimum absolute atomic E-state index is 0.0278. The van der Waals surface area contributed by atoms with Crippen LogP contribution in [0.15, 0.2) is 0 Å². The maximum atomic E-state index is 11.2. The number of aliphatic carboxylic acids is 1. The number of aryl methyl sites for hydroxylation is 1. The van der Waals surface area contributed by atoms with E-state index in [4.69, 9.17) is 5.11 Å². The first-order valence-corrected chi connectivity index (χ1v) is 4.56. The lowest BCUT2D eigenvalue weighted by Crippen LogP contribution is -2.47. The Balaban J connectivity index is 2.43. The molecule has 2 amide bonds. The van der Waals surface area contributed by atoms with Crippen LogP contribution < -0.4 is 10.6 Å². The second kappa shape index (κ2) is 4.74. The van der Waals surface area contributed by atoms with E-state index >= 15 is 0 Å². The fraction of sp³-hybridized carbons (Fsp3) is 0.571. The molecular weight excluding hydrogens is 232 g/mol. The minimum atomic E-state index is -2.03. The Hall–Kier alpha value is -2.23. The molecule has 1 heterocycles. The minimum Gasteiger partial charge on any atom is -0.479 e. The molecular formula is C7H12N6O4. The van der Waals surface area contributed by atoms with Crippen molar-refractivity contribution < 1.29 is 19.8 Å². The topological polar surface area (TPSA) is 142 Å². The summed E-state index contributed by atoms with van der Waals surface area (Å²) in [6.45, 7) is 0.616. The lowest BCUT2D eigenvalue weighted by atomic mass is 10.1. The van der Waals surface area contributed by atoms with E-state index in [1.54, 1.807) is 0 Å². The molecule has 0 saturated carbocycles. The van der Waals surface area contributed by atoms with Crippen LogP contribution in [0.4, 0.5) is 10.7 Å². The van der Waals surface area contributed by atoms with Gasteiger partial charge in [-0.05, 0) is 12.1 Å². The SMILES string of the molecule is Cn1nnc(NC(=O)NCC(C)(O)C(=O)O)n1. The van der Waals surface area contributed by atoms with Crippen molar-refractivity contribution in [2.75, 3.05) is 11.9 Å². The molecule has 0 aliphatic carbocycles. The number of aliphatic hydroxyl groups is 1. The first kappa shape index (κ1) is 12.8. The molecule has 1 atom stereocenters. The van der Waals surface area contributed by atoms with Crippen molar-refractivity contribution in [2.24, 2.45) is 7.05 Å². The third kappa shape index (κ3) is 3.68. The van der Waals surface area contributed by atoms with Crippen molar-refractivity contribution in [1.82, 2.24) is 25.5 Å². The van der Waals surface area contributed by atoms with Gasteiger partial charge in [-0.1, -0.05) is 5.10 Å². The van der Waals surface area contributed by atoms with Gasteiger partial charge in [-0.3, -0.25) is 5.32 Å². The van der Waals surface area contributed by atoms with Crippen LogP contribution in [0.1, 0.15) is 6.92 Å². The highest BCUT2D eigenvalue weighted by molar-refractivity contribution is 5.88. The van der Waals surface area contributed by atoms with Gasteiger partial charge in [0.1, 0.15) is 0 Å². The van der Waals surface area contributed by atoms with E-state index in [1.165, 1.54) is 7.05 Å². The summed E-state index contributed by atoms with van der Waals surface area (Å²) in [5.74, 6) is -1.46. The van der Waals surface area contributed by atoms with Crippen LogP contribution in [0.3, 0.4) is 0 Å². The van der Waals surface area contributed by atoms with Crippen LogP contribution in [0, 0.1) is 0 Å². The monoisotopic (exact) mass is 244 g/mol. The van der Waals surface area contributed by atoms with E-state index < -0.39 is 24.1 Å². The molecule has 1 unspecified atom stereocenters. The van der Waals surface area contributed by atoms with Crippen LogP contribution in [0.5, 0.6) is 0 Å². The average Bonchev–Trinajstić information content (AvgIpc) is 2.61. The molecule has 0 saturated heterocycles. The lowest BCUT2D eigenvalue weighted by molar-refractivity contribution is -0.155. The summed E-state index contributed by atoms with van der Waals surface area (Å²) in [6, 6.07) is -0.737. The van der Waals surface area contributed by atoms with Crippen molar-refractivity contribution >= 4 is 17.9 Å². The number of carbonyl (C=O) groups is 2. The third-order valence-corrected chi connectivity index (χ3v) is 1.79. The van der Waals surface area contributed by atoms with Gasteiger partial charge in [0, 0.05) is 0 Å². The Morgan fingerprint density at radius 3 is 2.65 bits per heavy atom. The average molecular weight is 244 g/mol. The molecule has 0 aromatic carbocycles. The van der Waals surface area contributed by atoms with E-state index in [1.807, 2.05) is 0 Å². The van der Waals surface area contributed by atoms with Crippen LogP contribution in [0.2, 0.25) is 0 Å². The third-order valence-electron chi connectivity index (χ3n) is 1.79. The predicted octanol–water partition coefficient (Wildman–Crippen LogP) is -1.83. The van der Waals surface area contributed by atoms with E-state index in [0.29, 0.717) is 0 Å². The number of nitrogens with one attached hydrogen (secondary N) is 2. The highest BCUT2D eigenvalue weighted by atomic mass is 16.4. The van der Waals surface area contributed by atoms with Crippen molar-refractivity contribution in [3.8, 4) is 0 Å². The molecule has 0 bridgehead atoms. The van der Waals surface area contributed by atoms with Gasteiger partial charge in [0.25, 0.3) is 5.95 Å². The van der Waals surface area contributed by atoms with Crippen molar-refractivity contribution in [3.05, 3.63) is 0 Å². The Morgan fingerprint density at radius 2 is 2.18 bits per heavy atom. The van der Waals surface area contributed by atoms with E-state index in [0.717, 1.165) is 11.7 Å². The fourth-order valence-corrected chi connectivity index (χ4v) is 0.808. The highest BCUT2D eigenvalue weighted by Crippen LogP contribution is 2.01. The summed E-state index contributed by atoms with van der Waals surface area (Å²) in [5, 5.41) is 32.9. The number of urea groups is 1. The molecule has 4 N–H and O–H groups in total. The quantitative estimate of drug-likeness (QED) is 0.487. The number of rotatable bonds is 4. The molecule has 0 spiro atoms. The zero-order valence-corrected chi connectivity index (χ0v) is 9.21. The summed E-state index contributed by atoms with van der Waals surface area (Å²) >= 11 is 0. The van der Waals surface area contributed by atoms with Crippen LogP contribution >= 0.6 is 0 Å². The molecule has 1 rings (SSSR count). The highest BCUT2D eigenvalue weighted by Gasteiger charge is 2.30. The van der Waals surface area contributed by atoms with E-state index in [9.17, 15) is 14.7 Å². The first-order chi connectivity index (χ1) is 7.81. The summed E-state index contributed by atoms with van der Waals surface area (Å²) in [6.07, 6.45) is 0. The number of amides is 2. The van der Waals surface area contributed by atoms with Crippen LogP contribution in [0.25, 0.3) is 0 Å². The molecule has 0 aliphatic heterocycles. The van der Waals surface area contributed by atoms with Gasteiger partial charge >= 0.3 is 12.0 Å². The summed E-state index contributed by atoms with van der Waals surface area (Å²) < 4.78 is 0. The molecule has 10 nitrogen and oxygen atoms in total. The smallest absolute Gasteiger partial charge is 0.337 e. The Kier molecular flexibility index (Phi) is 3.58. The number of hydrogen-bond donors (Lipinski definition) is 4. The summed E-state index contributed by atoms with van der Waals surface area (Å²) in [5.41, 5.74) is -2.03. The first-order valence-electron chi connectivity index (χ1n) is 4.56. The second-order valence-electron chi connectivity index (χ2n) is 3.49. The molecule has 1 aromatic heterocycles. The molecule has 17 heavy (non-hydrogen) atoms. The van der Waals surface area contributed by atoms with Crippen molar-refractivity contribution in [2.45, 2.75) is 12.5 Å². The van der Waals surface area contributed by atoms with Gasteiger partial charge < -0.3 is 15.5 Å². The van der Waals surface area contributed by atoms with Gasteiger partial charge in [0.15, 0.2) is 5.60 Å². The zero-order chi connectivity index (χ0) is 13.1. The van der Waals surface area contributed by atoms with Crippen LogP contribution in [-0.4, -0.2) is 54.6 Å². The summed E-state index contributed by atoms with van der Waals surface area (Å²) in [7, 11) is 1.52. The second-order valence-corrected chi connectivity index (χ2v) is 3.49. The maximum absolute atomic E-state index is 11.2. The number of aromatic nitrogens is 4. The molecule has 0 fully saturated rings. The largest absolute Gasteiger partial charge is 0.479 e. The number of carbonyl (C=O) groups excluding carboxylic acids is 1. The van der Waals surface area contributed by atoms with Gasteiger partial charge in [-0.2, -0.15) is 4.80 Å². The Bertz CT molecular complexity index is 428. The standard InChI is InChI=1S/C7H12N6O4/c1-7(17,4(14)15)3-8-6(16)9-5-10-12-13(2)11-5/h17H,3H2,1-2H3,(H,14,15)(H2,8,9,11,16). The van der Waals surface area contributed by atoms with Gasteiger partial charge in [0.2, 0.25) is 0 Å². The van der Waals surface area contributed by atoms with Gasteiger partial charge in [-0.15, -0.1) is 5.10 Å². The number of carboxylic acid groups (broad SMARTS) is 1. The predicted molar refractivity (Wildman–Crippen MR) is 54.1 cm³/mol. The number of anilines is 1. The normalized spacial score (nSPS) is 13.8. The molecule has 0 radical (unpaired) electrons. The zero-order valence-electron chi connectivity index (χ0n) is 9.21. The Labute approximate surface area is 95.6 Å². The Morgan fingerprint density at radius 1 is 1.53 bits per heavy atom. The lowest BCUT2D eigenvalue weighted by Gasteiger charge is -2.17. The van der Waals surface area contributed by atoms with Gasteiger partial charge in [0.05, 0.1) is 13.6 Å².